The van der Waals surface area contributed by atoms with Gasteiger partial charge in [0.15, 0.2) is 0 Å². The van der Waals surface area contributed by atoms with Crippen molar-refractivity contribution in [1.82, 2.24) is 0 Å². The van der Waals surface area contributed by atoms with Gasteiger partial charge in [0.25, 0.3) is 0 Å². The molecule has 0 aliphatic rings. The highest BCUT2D eigenvalue weighted by Gasteiger charge is 2.23. The Morgan fingerprint density at radius 1 is 0.765 bits per heavy atom. The molecule has 0 heterocycles. The van der Waals surface area contributed by atoms with Gasteiger partial charge in [-0.3, -0.25) is 0 Å². The van der Waals surface area contributed by atoms with E-state index >= 15 is 0 Å². The van der Waals surface area contributed by atoms with Crippen LogP contribution in [0.2, 0.25) is 0 Å². The van der Waals surface area contributed by atoms with Gasteiger partial charge in [-0.2, -0.15) is 0 Å². The van der Waals surface area contributed by atoms with E-state index in [1.807, 2.05) is 12.1 Å². The Morgan fingerprint density at radius 3 is 1.47 bits per heavy atom. The van der Waals surface area contributed by atoms with Crippen molar-refractivity contribution >= 4 is 21.8 Å². The second-order valence-corrected chi connectivity index (χ2v) is 7.07. The highest BCUT2D eigenvalue weighted by molar-refractivity contribution is 9.39. The standard InChI is InChI=1S/C12H10BrO3P/c13-17(14,15-11-7-3-1-4-8-11)16-12-9-5-2-6-10-12/h1-10H. The topological polar surface area (TPSA) is 35.5 Å². The van der Waals surface area contributed by atoms with Crippen LogP contribution in [0.1, 0.15) is 0 Å². The predicted octanol–water partition coefficient (Wildman–Crippen LogP) is 4.65. The van der Waals surface area contributed by atoms with Crippen LogP contribution in [0, 0.1) is 0 Å². The zero-order chi connectivity index (χ0) is 12.1. The minimum Gasteiger partial charge on any atom is -0.408 e. The second-order valence-electron chi connectivity index (χ2n) is 3.24. The largest absolute Gasteiger partial charge is 0.498 e. The lowest BCUT2D eigenvalue weighted by Crippen LogP contribution is -1.94. The fourth-order valence-electron chi connectivity index (χ4n) is 1.23. The first-order valence-corrected chi connectivity index (χ1v) is 8.51. The van der Waals surface area contributed by atoms with Gasteiger partial charge in [0.1, 0.15) is 11.5 Å². The number of rotatable bonds is 4. The van der Waals surface area contributed by atoms with Crippen LogP contribution in [-0.4, -0.2) is 0 Å². The van der Waals surface area contributed by atoms with Crippen LogP contribution >= 0.6 is 21.8 Å². The zero-order valence-electron chi connectivity index (χ0n) is 8.82. The fraction of sp³-hybridized carbons (Fsp3) is 0. The SMILES string of the molecule is O=P(Br)(Oc1ccccc1)Oc1ccccc1. The van der Waals surface area contributed by atoms with Gasteiger partial charge in [0, 0.05) is 0 Å². The Morgan fingerprint density at radius 2 is 1.12 bits per heavy atom. The Hall–Kier alpha value is -1.25. The van der Waals surface area contributed by atoms with Crippen molar-refractivity contribution < 1.29 is 13.6 Å². The molecule has 0 amide bonds. The molecule has 0 saturated heterocycles. The fourth-order valence-corrected chi connectivity index (χ4v) is 3.02. The summed E-state index contributed by atoms with van der Waals surface area (Å²) in [4.78, 5) is 0. The molecule has 0 aromatic heterocycles. The lowest BCUT2D eigenvalue weighted by atomic mass is 10.3. The molecule has 2 aromatic carbocycles. The highest BCUT2D eigenvalue weighted by Crippen LogP contribution is 2.55. The van der Waals surface area contributed by atoms with Crippen LogP contribution in [0.5, 0.6) is 11.5 Å². The average molecular weight is 313 g/mol. The summed E-state index contributed by atoms with van der Waals surface area (Å²) in [7, 11) is 0. The third-order valence-corrected chi connectivity index (χ3v) is 3.64. The summed E-state index contributed by atoms with van der Waals surface area (Å²) in [6.45, 7) is 0. The minimum absolute atomic E-state index is 0.489. The molecular weight excluding hydrogens is 303 g/mol. The van der Waals surface area contributed by atoms with E-state index in [2.05, 4.69) is 15.5 Å². The minimum atomic E-state index is -3.32. The molecule has 0 aliphatic heterocycles. The maximum atomic E-state index is 12.0. The molecule has 0 spiro atoms. The molecule has 17 heavy (non-hydrogen) atoms. The van der Waals surface area contributed by atoms with Gasteiger partial charge < -0.3 is 9.05 Å². The van der Waals surface area contributed by atoms with Crippen molar-refractivity contribution in [2.75, 3.05) is 0 Å². The molecule has 2 aromatic rings. The molecular formula is C12H10BrO3P. The summed E-state index contributed by atoms with van der Waals surface area (Å²) < 4.78 is 22.5. The van der Waals surface area contributed by atoms with E-state index in [0.717, 1.165) is 0 Å². The smallest absolute Gasteiger partial charge is 0.408 e. The molecule has 0 fully saturated rings. The lowest BCUT2D eigenvalue weighted by molar-refractivity contribution is 0.410. The van der Waals surface area contributed by atoms with Crippen molar-refractivity contribution in [3.63, 3.8) is 0 Å². The summed E-state index contributed by atoms with van der Waals surface area (Å²) in [5.41, 5.74) is 0. The number of benzene rings is 2. The van der Waals surface area contributed by atoms with Crippen LogP contribution in [-0.2, 0) is 4.57 Å². The number of hydrogen-bond donors (Lipinski definition) is 0. The van der Waals surface area contributed by atoms with Gasteiger partial charge in [-0.25, -0.2) is 4.57 Å². The normalized spacial score (nSPS) is 10.9. The van der Waals surface area contributed by atoms with Crippen LogP contribution in [0.4, 0.5) is 0 Å². The zero-order valence-corrected chi connectivity index (χ0v) is 11.3. The second kappa shape index (κ2) is 5.39. The summed E-state index contributed by atoms with van der Waals surface area (Å²) >= 11 is 2.97. The third-order valence-electron chi connectivity index (χ3n) is 1.92. The molecule has 0 bridgehead atoms. The van der Waals surface area contributed by atoms with E-state index < -0.39 is 6.30 Å². The maximum absolute atomic E-state index is 12.0. The molecule has 0 saturated carbocycles. The van der Waals surface area contributed by atoms with Gasteiger partial charge in [0.2, 0.25) is 0 Å². The number of para-hydroxylation sites is 2. The Kier molecular flexibility index (Phi) is 3.87. The van der Waals surface area contributed by atoms with E-state index in [-0.39, 0.29) is 0 Å². The molecule has 5 heteroatoms. The highest BCUT2D eigenvalue weighted by atomic mass is 79.9. The van der Waals surface area contributed by atoms with Crippen LogP contribution in [0.15, 0.2) is 60.7 Å². The molecule has 0 unspecified atom stereocenters. The van der Waals surface area contributed by atoms with Crippen molar-refractivity contribution in [3.05, 3.63) is 60.7 Å². The molecule has 0 aliphatic carbocycles. The number of halogens is 1. The molecule has 88 valence electrons. The summed E-state index contributed by atoms with van der Waals surface area (Å²) in [6.07, 6.45) is -3.32. The lowest BCUT2D eigenvalue weighted by Gasteiger charge is -2.13. The molecule has 0 radical (unpaired) electrons. The van der Waals surface area contributed by atoms with Crippen LogP contribution in [0.3, 0.4) is 0 Å². The van der Waals surface area contributed by atoms with Gasteiger partial charge in [-0.15, -0.1) is 0 Å². The summed E-state index contributed by atoms with van der Waals surface area (Å²) in [6, 6.07) is 17.7. The first-order valence-electron chi connectivity index (χ1n) is 4.95. The van der Waals surface area contributed by atoms with Crippen LogP contribution in [0.25, 0.3) is 0 Å². The van der Waals surface area contributed by atoms with Crippen molar-refractivity contribution in [2.24, 2.45) is 0 Å². The molecule has 3 nitrogen and oxygen atoms in total. The predicted molar refractivity (Wildman–Crippen MR) is 70.7 cm³/mol. The first-order chi connectivity index (χ1) is 8.16. The van der Waals surface area contributed by atoms with Crippen LogP contribution < -0.4 is 9.05 Å². The van der Waals surface area contributed by atoms with Crippen molar-refractivity contribution in [2.45, 2.75) is 0 Å². The third kappa shape index (κ3) is 3.91. The van der Waals surface area contributed by atoms with E-state index in [4.69, 9.17) is 9.05 Å². The first kappa shape index (κ1) is 12.2. The Balaban J connectivity index is 2.07. The monoisotopic (exact) mass is 312 g/mol. The van der Waals surface area contributed by atoms with E-state index in [1.54, 1.807) is 48.5 Å². The Bertz CT molecular complexity index is 470. The average Bonchev–Trinajstić information content (AvgIpc) is 2.30. The molecule has 2 rings (SSSR count). The maximum Gasteiger partial charge on any atom is 0.498 e. The van der Waals surface area contributed by atoms with E-state index in [1.165, 1.54) is 0 Å². The summed E-state index contributed by atoms with van der Waals surface area (Å²) in [5, 5.41) is 0. The number of hydrogen-bond acceptors (Lipinski definition) is 3. The summed E-state index contributed by atoms with van der Waals surface area (Å²) in [5.74, 6) is 0.979. The van der Waals surface area contributed by atoms with Gasteiger partial charge in [-0.1, -0.05) is 36.4 Å². The van der Waals surface area contributed by atoms with E-state index in [9.17, 15) is 4.57 Å². The Labute approximate surface area is 108 Å². The molecule has 0 N–H and O–H groups in total. The quantitative estimate of drug-likeness (QED) is 0.771. The molecule has 0 atom stereocenters. The van der Waals surface area contributed by atoms with Crippen molar-refractivity contribution in [1.29, 1.82) is 0 Å². The van der Waals surface area contributed by atoms with Gasteiger partial charge in [-0.05, 0) is 24.3 Å². The van der Waals surface area contributed by atoms with Crippen molar-refractivity contribution in [3.8, 4) is 11.5 Å². The van der Waals surface area contributed by atoms with Gasteiger partial charge >= 0.3 is 6.30 Å². The van der Waals surface area contributed by atoms with Gasteiger partial charge in [0.05, 0.1) is 15.5 Å². The van der Waals surface area contributed by atoms with E-state index in [0.29, 0.717) is 11.5 Å².